The van der Waals surface area contributed by atoms with Gasteiger partial charge in [-0.15, -0.1) is 0 Å². The summed E-state index contributed by atoms with van der Waals surface area (Å²) < 4.78 is 13.3. The van der Waals surface area contributed by atoms with Crippen molar-refractivity contribution < 1.29 is 22.6 Å². The maximum atomic E-state index is 12.3. The lowest BCUT2D eigenvalue weighted by Gasteiger charge is -2.34. The van der Waals surface area contributed by atoms with Crippen molar-refractivity contribution in [2.24, 2.45) is 0 Å². The Hall–Kier alpha value is -1.40. The average molecular weight is 637 g/mol. The lowest BCUT2D eigenvalue weighted by Crippen LogP contribution is -2.45. The second-order valence-electron chi connectivity index (χ2n) is 12.9. The highest BCUT2D eigenvalue weighted by molar-refractivity contribution is 6.85. The zero-order valence-electron chi connectivity index (χ0n) is 27.0. The third-order valence-electron chi connectivity index (χ3n) is 6.52. The maximum Gasteiger partial charge on any atom is 0.314 e. The van der Waals surface area contributed by atoms with Gasteiger partial charge in [-0.3, -0.25) is 0 Å². The number of urea groups is 3. The van der Waals surface area contributed by atoms with Crippen LogP contribution in [0, 0.1) is 0 Å². The summed E-state index contributed by atoms with van der Waals surface area (Å²) in [6, 6.07) is 3.61. The Morgan fingerprint density at radius 1 is 0.450 bits per heavy atom. The van der Waals surface area contributed by atoms with Crippen molar-refractivity contribution in [3.05, 3.63) is 0 Å². The molecule has 0 rings (SSSR count). The first-order chi connectivity index (χ1) is 18.4. The molecular weight excluding hydrogens is 577 g/mol. The van der Waals surface area contributed by atoms with Crippen LogP contribution in [0.25, 0.3) is 0 Å². The molecule has 11 nitrogen and oxygen atoms in total. The number of hydrogen-bond donors (Lipinski definition) is 6. The third kappa shape index (κ3) is 21.4. The zero-order valence-corrected chi connectivity index (χ0v) is 31.0. The van der Waals surface area contributed by atoms with E-state index in [-0.39, 0.29) is 18.1 Å². The summed E-state index contributed by atoms with van der Waals surface area (Å²) >= 11 is 0. The zero-order chi connectivity index (χ0) is 30.9. The van der Waals surface area contributed by atoms with Gasteiger partial charge in [0.25, 0.3) is 0 Å². The van der Waals surface area contributed by atoms with Gasteiger partial charge >= 0.3 is 18.1 Å². The first-order valence-electron chi connectivity index (χ1n) is 14.8. The van der Waals surface area contributed by atoms with Gasteiger partial charge in [-0.05, 0) is 102 Å². The molecule has 40 heavy (non-hydrogen) atoms. The van der Waals surface area contributed by atoms with E-state index in [1.165, 1.54) is 0 Å². The molecule has 0 aliphatic heterocycles. The molecule has 15 heteroatoms. The van der Waals surface area contributed by atoms with Crippen LogP contribution in [0.2, 0.25) is 76.6 Å². The van der Waals surface area contributed by atoms with Crippen LogP contribution in [0.1, 0.15) is 25.7 Å². The molecule has 0 saturated carbocycles. The molecule has 0 saturated heterocycles. The van der Waals surface area contributed by atoms with E-state index < -0.39 is 33.3 Å². The Labute approximate surface area is 248 Å². The lowest BCUT2D eigenvalue weighted by atomic mass is 10.4. The smallest absolute Gasteiger partial charge is 0.314 e. The summed E-state index contributed by atoms with van der Waals surface area (Å²) in [5.74, 6) is 0. The van der Waals surface area contributed by atoms with Crippen molar-refractivity contribution in [3.63, 3.8) is 0 Å². The van der Waals surface area contributed by atoms with E-state index in [4.69, 9.17) is 8.23 Å². The Morgan fingerprint density at radius 3 is 0.900 bits per heavy atom. The van der Waals surface area contributed by atoms with E-state index in [0.717, 1.165) is 49.9 Å². The van der Waals surface area contributed by atoms with Crippen molar-refractivity contribution in [2.45, 2.75) is 102 Å². The summed E-state index contributed by atoms with van der Waals surface area (Å²) in [4.78, 5) is 34.9. The van der Waals surface area contributed by atoms with Crippen LogP contribution in [0.15, 0.2) is 0 Å². The molecular formula is C25H60N6O5Si4. The molecule has 0 fully saturated rings. The molecule has 0 aliphatic rings. The van der Waals surface area contributed by atoms with Gasteiger partial charge in [0.2, 0.25) is 0 Å². The average Bonchev–Trinajstić information content (AvgIpc) is 2.83. The van der Waals surface area contributed by atoms with Crippen LogP contribution in [0.3, 0.4) is 0 Å². The van der Waals surface area contributed by atoms with E-state index in [1.807, 2.05) is 0 Å². The van der Waals surface area contributed by atoms with Crippen molar-refractivity contribution in [2.75, 3.05) is 40.3 Å². The largest absolute Gasteiger partial charge is 0.455 e. The Balaban J connectivity index is 4.14. The van der Waals surface area contributed by atoms with Crippen LogP contribution < -0.4 is 31.9 Å². The fraction of sp³-hybridized carbons (Fsp3) is 0.880. The molecule has 0 aromatic rings. The Kier molecular flexibility index (Phi) is 18.3. The van der Waals surface area contributed by atoms with Gasteiger partial charge < -0.3 is 40.1 Å². The van der Waals surface area contributed by atoms with Crippen molar-refractivity contribution in [1.82, 2.24) is 31.9 Å². The van der Waals surface area contributed by atoms with E-state index in [2.05, 4.69) is 84.3 Å². The summed E-state index contributed by atoms with van der Waals surface area (Å²) in [6.07, 6.45) is 3.65. The normalized spacial score (nSPS) is 12.4. The van der Waals surface area contributed by atoms with Gasteiger partial charge in [0, 0.05) is 40.3 Å². The number of hydrogen-bond acceptors (Lipinski definition) is 5. The Bertz CT molecular complexity index is 712. The molecule has 0 aromatic carbocycles. The molecule has 0 bridgehead atoms. The third-order valence-corrected chi connectivity index (χ3v) is 21.6. The maximum absolute atomic E-state index is 12.3. The van der Waals surface area contributed by atoms with Gasteiger partial charge in [0.15, 0.2) is 33.3 Å². The molecule has 0 radical (unpaired) electrons. The number of carbonyl (C=O) groups is 3. The van der Waals surface area contributed by atoms with Crippen LogP contribution >= 0.6 is 0 Å². The van der Waals surface area contributed by atoms with Gasteiger partial charge in [-0.2, -0.15) is 0 Å². The molecule has 6 N–H and O–H groups in total. The predicted octanol–water partition coefficient (Wildman–Crippen LogP) is 4.56. The van der Waals surface area contributed by atoms with E-state index in [0.29, 0.717) is 26.2 Å². The minimum absolute atomic E-state index is 0.113. The van der Waals surface area contributed by atoms with Gasteiger partial charge in [0.05, 0.1) is 0 Å². The molecule has 0 aromatic heterocycles. The summed E-state index contributed by atoms with van der Waals surface area (Å²) in [5, 5.41) is 16.8. The second kappa shape index (κ2) is 18.9. The molecule has 6 amide bonds. The fourth-order valence-corrected chi connectivity index (χ4v) is 22.5. The highest BCUT2D eigenvalue weighted by atomic mass is 28.4. The quantitative estimate of drug-likeness (QED) is 0.0859. The monoisotopic (exact) mass is 636 g/mol. The second-order valence-corrected chi connectivity index (χ2v) is 30.6. The predicted molar refractivity (Wildman–Crippen MR) is 176 cm³/mol. The van der Waals surface area contributed by atoms with Crippen molar-refractivity contribution in [3.8, 4) is 0 Å². The van der Waals surface area contributed by atoms with Gasteiger partial charge in [0.1, 0.15) is 0 Å². The number of rotatable bonds is 20. The van der Waals surface area contributed by atoms with E-state index >= 15 is 0 Å². The first kappa shape index (κ1) is 38.6. The van der Waals surface area contributed by atoms with Gasteiger partial charge in [-0.25, -0.2) is 14.4 Å². The number of carbonyl (C=O) groups excluding carboxylic acids is 3. The van der Waals surface area contributed by atoms with Crippen molar-refractivity contribution in [1.29, 1.82) is 0 Å². The SMILES string of the molecule is CNC(=O)NCCC[Si](C)(C)O[Si](C)(C)CCCNC(=O)NCCC[Si](C)(C)O[Si](C)(C)CCCNC(=O)NC. The highest BCUT2D eigenvalue weighted by Gasteiger charge is 2.33. The van der Waals surface area contributed by atoms with E-state index in [9.17, 15) is 14.4 Å². The van der Waals surface area contributed by atoms with Crippen LogP contribution in [-0.2, 0) is 8.23 Å². The highest BCUT2D eigenvalue weighted by Crippen LogP contribution is 2.24. The van der Waals surface area contributed by atoms with Crippen LogP contribution in [0.4, 0.5) is 14.4 Å². The molecule has 0 spiro atoms. The first-order valence-corrected chi connectivity index (χ1v) is 27.2. The minimum Gasteiger partial charge on any atom is -0.455 e. The molecule has 0 atom stereocenters. The van der Waals surface area contributed by atoms with Gasteiger partial charge in [-0.1, -0.05) is 0 Å². The van der Waals surface area contributed by atoms with Crippen LogP contribution in [0.5, 0.6) is 0 Å². The Morgan fingerprint density at radius 2 is 0.675 bits per heavy atom. The summed E-state index contributed by atoms with van der Waals surface area (Å²) in [7, 11) is -4.02. The topological polar surface area (TPSA) is 142 Å². The standard InChI is InChI=1S/C25H60N6O5Si4/c1-26-23(32)28-15-11-19-37(3,4)35-39(7,8)21-13-17-30-25(34)31-18-14-22-40(9,10)36-38(5,6)20-12-16-29-24(33)27-2/h11-22H2,1-10H3,(H2,26,28,32)(H2,27,29,33)(H2,30,31,34). The summed E-state index contributed by atoms with van der Waals surface area (Å²) in [5.41, 5.74) is 0. The molecule has 236 valence electrons. The van der Waals surface area contributed by atoms with E-state index in [1.54, 1.807) is 14.1 Å². The fourth-order valence-electron chi connectivity index (χ4n) is 4.80. The minimum atomic E-state index is -1.83. The number of nitrogens with one attached hydrogen (secondary N) is 6. The number of amides is 6. The van der Waals surface area contributed by atoms with Crippen molar-refractivity contribution >= 4 is 51.4 Å². The molecule has 0 aliphatic carbocycles. The lowest BCUT2D eigenvalue weighted by molar-refractivity contribution is 0.240. The van der Waals surface area contributed by atoms with Crippen LogP contribution in [-0.4, -0.2) is 91.6 Å². The molecule has 0 heterocycles. The summed E-state index contributed by atoms with van der Waals surface area (Å²) in [6.45, 7) is 20.6. The molecule has 0 unspecified atom stereocenters.